The smallest absolute Gasteiger partial charge is 0.191 e. The lowest BCUT2D eigenvalue weighted by Crippen LogP contribution is -2.48. The Morgan fingerprint density at radius 1 is 1.31 bits per heavy atom. The predicted molar refractivity (Wildman–Crippen MR) is 121 cm³/mol. The zero-order valence-corrected chi connectivity index (χ0v) is 19.6. The number of furan rings is 1. The Balaban J connectivity index is 0.00000338. The van der Waals surface area contributed by atoms with Crippen LogP contribution in [0.3, 0.4) is 0 Å². The highest BCUT2D eigenvalue weighted by Gasteiger charge is 2.25. The summed E-state index contributed by atoms with van der Waals surface area (Å²) in [5.41, 5.74) is 0. The van der Waals surface area contributed by atoms with Gasteiger partial charge in [0.25, 0.3) is 0 Å². The number of nitrogens with one attached hydrogen (secondary N) is 2. The first-order valence-corrected chi connectivity index (χ1v) is 10.1. The van der Waals surface area contributed by atoms with Crippen molar-refractivity contribution in [3.05, 3.63) is 23.7 Å². The van der Waals surface area contributed by atoms with Crippen LogP contribution >= 0.6 is 35.7 Å². The summed E-state index contributed by atoms with van der Waals surface area (Å²) in [6.45, 7) is 11.4. The van der Waals surface area contributed by atoms with E-state index in [1.54, 1.807) is 0 Å². The predicted octanol–water partition coefficient (Wildman–Crippen LogP) is 2.89. The van der Waals surface area contributed by atoms with Crippen molar-refractivity contribution in [1.82, 2.24) is 15.5 Å². The number of morpholine rings is 1. The third-order valence-corrected chi connectivity index (χ3v) is 5.75. The van der Waals surface area contributed by atoms with Gasteiger partial charge in [-0.05, 0) is 39.2 Å². The third kappa shape index (κ3) is 7.28. The molecule has 6 nitrogen and oxygen atoms in total. The fourth-order valence-electron chi connectivity index (χ4n) is 2.71. The molecule has 0 saturated carbocycles. The number of rotatable bonds is 7. The molecule has 2 rings (SSSR count). The van der Waals surface area contributed by atoms with E-state index in [4.69, 9.17) is 9.15 Å². The van der Waals surface area contributed by atoms with Crippen LogP contribution in [0.25, 0.3) is 0 Å². The molecule has 1 fully saturated rings. The summed E-state index contributed by atoms with van der Waals surface area (Å²) in [6.07, 6.45) is 2.13. The monoisotopic (exact) mass is 496 g/mol. The van der Waals surface area contributed by atoms with Crippen molar-refractivity contribution >= 4 is 41.7 Å². The first-order chi connectivity index (χ1) is 11.9. The van der Waals surface area contributed by atoms with Gasteiger partial charge in [-0.1, -0.05) is 0 Å². The van der Waals surface area contributed by atoms with Gasteiger partial charge in [0.2, 0.25) is 0 Å². The summed E-state index contributed by atoms with van der Waals surface area (Å²) in [5.74, 6) is 2.76. The second-order valence-corrected chi connectivity index (χ2v) is 8.40. The minimum absolute atomic E-state index is 0. The Morgan fingerprint density at radius 3 is 2.54 bits per heavy atom. The topological polar surface area (TPSA) is 62.0 Å². The van der Waals surface area contributed by atoms with Crippen molar-refractivity contribution in [3.8, 4) is 0 Å². The molecule has 0 spiro atoms. The molecule has 1 saturated heterocycles. The van der Waals surface area contributed by atoms with Crippen LogP contribution in [0.2, 0.25) is 0 Å². The molecule has 1 aromatic heterocycles. The first kappa shape index (κ1) is 23.6. The number of guanidine groups is 1. The maximum atomic E-state index is 5.91. The molecule has 1 atom stereocenters. The minimum Gasteiger partial charge on any atom is -0.465 e. The van der Waals surface area contributed by atoms with E-state index in [0.717, 1.165) is 56.9 Å². The van der Waals surface area contributed by atoms with E-state index in [0.29, 0.717) is 0 Å². The van der Waals surface area contributed by atoms with E-state index >= 15 is 0 Å². The number of hydrogen-bond donors (Lipinski definition) is 2. The molecule has 26 heavy (non-hydrogen) atoms. The molecule has 2 N–H and O–H groups in total. The van der Waals surface area contributed by atoms with Gasteiger partial charge in [0, 0.05) is 38.0 Å². The minimum atomic E-state index is 0. The van der Waals surface area contributed by atoms with Crippen molar-refractivity contribution in [2.75, 3.05) is 52.7 Å². The maximum absolute atomic E-state index is 5.91. The normalized spacial score (nSPS) is 17.5. The number of hydrogen-bond acceptors (Lipinski definition) is 5. The average Bonchev–Trinajstić information content (AvgIpc) is 3.05. The van der Waals surface area contributed by atoms with Crippen LogP contribution < -0.4 is 10.6 Å². The van der Waals surface area contributed by atoms with Gasteiger partial charge < -0.3 is 19.8 Å². The molecule has 0 amide bonds. The van der Waals surface area contributed by atoms with Gasteiger partial charge in [-0.2, -0.15) is 11.8 Å². The van der Waals surface area contributed by atoms with Gasteiger partial charge in [0.15, 0.2) is 5.96 Å². The average molecular weight is 496 g/mol. The summed E-state index contributed by atoms with van der Waals surface area (Å²) in [5, 5.41) is 6.88. The van der Waals surface area contributed by atoms with Gasteiger partial charge in [-0.3, -0.25) is 9.89 Å². The van der Waals surface area contributed by atoms with Crippen molar-refractivity contribution in [2.45, 2.75) is 31.6 Å². The second kappa shape index (κ2) is 11.4. The zero-order valence-electron chi connectivity index (χ0n) is 16.5. The van der Waals surface area contributed by atoms with Crippen molar-refractivity contribution < 1.29 is 9.15 Å². The highest BCUT2D eigenvalue weighted by molar-refractivity contribution is 14.0. The molecular formula is C18H33IN4O2S. The number of nitrogens with zero attached hydrogens (tertiary/aromatic N) is 2. The highest BCUT2D eigenvalue weighted by Crippen LogP contribution is 2.23. The number of ether oxygens (including phenoxy) is 1. The molecule has 8 heteroatoms. The Labute approximate surface area is 178 Å². The molecular weight excluding hydrogens is 463 g/mol. The van der Waals surface area contributed by atoms with E-state index in [1.165, 1.54) is 0 Å². The van der Waals surface area contributed by atoms with Crippen LogP contribution in [0.1, 0.15) is 31.4 Å². The van der Waals surface area contributed by atoms with Crippen LogP contribution in [-0.4, -0.2) is 68.3 Å². The number of thioether (sulfide) groups is 1. The lowest BCUT2D eigenvalue weighted by Gasteiger charge is -2.34. The number of aliphatic imine (C=N–C) groups is 1. The summed E-state index contributed by atoms with van der Waals surface area (Å²) >= 11 is 1.84. The Hall–Kier alpha value is -0.450. The molecule has 2 heterocycles. The van der Waals surface area contributed by atoms with Gasteiger partial charge in [0.05, 0.1) is 19.3 Å². The molecule has 1 aliphatic heterocycles. The molecule has 150 valence electrons. The lowest BCUT2D eigenvalue weighted by atomic mass is 10.1. The summed E-state index contributed by atoms with van der Waals surface area (Å²) in [7, 11) is 1.81. The van der Waals surface area contributed by atoms with Gasteiger partial charge in [-0.15, -0.1) is 24.0 Å². The first-order valence-electron chi connectivity index (χ1n) is 8.83. The van der Waals surface area contributed by atoms with Crippen LogP contribution in [0.4, 0.5) is 0 Å². The largest absolute Gasteiger partial charge is 0.465 e. The van der Waals surface area contributed by atoms with E-state index in [2.05, 4.69) is 46.7 Å². The fraction of sp³-hybridized carbons (Fsp3) is 0.722. The summed E-state index contributed by atoms with van der Waals surface area (Å²) < 4.78 is 11.6. The lowest BCUT2D eigenvalue weighted by molar-refractivity contribution is 0.0124. The van der Waals surface area contributed by atoms with Crippen LogP contribution in [0, 0.1) is 6.92 Å². The van der Waals surface area contributed by atoms with E-state index in [-0.39, 0.29) is 34.8 Å². The van der Waals surface area contributed by atoms with Crippen LogP contribution in [0.15, 0.2) is 21.5 Å². The van der Waals surface area contributed by atoms with Gasteiger partial charge >= 0.3 is 0 Å². The van der Waals surface area contributed by atoms with Gasteiger partial charge in [0.1, 0.15) is 11.5 Å². The summed E-state index contributed by atoms with van der Waals surface area (Å²) in [4.78, 5) is 6.76. The third-order valence-electron chi connectivity index (χ3n) is 4.50. The Kier molecular flexibility index (Phi) is 10.3. The number of aryl methyl sites for hydroxylation is 1. The Morgan fingerprint density at radius 2 is 2.00 bits per heavy atom. The molecule has 0 aromatic carbocycles. The van der Waals surface area contributed by atoms with Crippen LogP contribution in [0.5, 0.6) is 0 Å². The highest BCUT2D eigenvalue weighted by atomic mass is 127. The standard InChI is InChI=1S/C18H32N4O2S.HI/c1-14-6-7-16(24-14)15(22-8-10-23-11-9-22)12-20-17(19-4)21-13-18(2,3)25-5;/h6-7,15H,8-13H2,1-5H3,(H2,19,20,21);1H. The maximum Gasteiger partial charge on any atom is 0.191 e. The molecule has 0 radical (unpaired) electrons. The Bertz CT molecular complexity index is 559. The molecule has 1 aromatic rings. The summed E-state index contributed by atoms with van der Waals surface area (Å²) in [6, 6.07) is 4.27. The van der Waals surface area contributed by atoms with E-state index in [9.17, 15) is 0 Å². The van der Waals surface area contributed by atoms with E-state index < -0.39 is 0 Å². The molecule has 0 aliphatic carbocycles. The second-order valence-electron chi connectivity index (χ2n) is 6.88. The van der Waals surface area contributed by atoms with E-state index in [1.807, 2.05) is 31.8 Å². The zero-order chi connectivity index (χ0) is 18.3. The number of halogens is 1. The molecule has 1 aliphatic rings. The van der Waals surface area contributed by atoms with Crippen LogP contribution in [-0.2, 0) is 4.74 Å². The quantitative estimate of drug-likeness (QED) is 0.344. The van der Waals surface area contributed by atoms with Gasteiger partial charge in [-0.25, -0.2) is 0 Å². The SMILES string of the molecule is CN=C(NCC(c1ccc(C)o1)N1CCOCC1)NCC(C)(C)SC.I. The molecule has 0 bridgehead atoms. The fourth-order valence-corrected chi connectivity index (χ4v) is 2.93. The van der Waals surface area contributed by atoms with Crippen molar-refractivity contribution in [3.63, 3.8) is 0 Å². The van der Waals surface area contributed by atoms with Crippen molar-refractivity contribution in [2.24, 2.45) is 4.99 Å². The molecule has 1 unspecified atom stereocenters. The van der Waals surface area contributed by atoms with Crippen molar-refractivity contribution in [1.29, 1.82) is 0 Å².